The van der Waals surface area contributed by atoms with Crippen molar-refractivity contribution >= 4 is 9.84 Å². The zero-order valence-corrected chi connectivity index (χ0v) is 14.1. The van der Waals surface area contributed by atoms with Crippen molar-refractivity contribution in [3.05, 3.63) is 48.3 Å². The number of nitrogens with zero attached hydrogens (tertiary/aromatic N) is 1. The summed E-state index contributed by atoms with van der Waals surface area (Å²) in [4.78, 5) is 5.83. The lowest BCUT2D eigenvalue weighted by Crippen LogP contribution is -2.29. The molecule has 23 heavy (non-hydrogen) atoms. The van der Waals surface area contributed by atoms with Gasteiger partial charge in [-0.3, -0.25) is 4.90 Å². The molecule has 1 aliphatic heterocycles. The van der Waals surface area contributed by atoms with Gasteiger partial charge in [0.05, 0.1) is 17.8 Å². The quantitative estimate of drug-likeness (QED) is 0.882. The second kappa shape index (κ2) is 6.76. The van der Waals surface area contributed by atoms with Crippen molar-refractivity contribution in [3.8, 4) is 5.75 Å². The zero-order valence-electron chi connectivity index (χ0n) is 13.2. The van der Waals surface area contributed by atoms with Crippen LogP contribution in [0.25, 0.3) is 0 Å². The Morgan fingerprint density at radius 1 is 1.30 bits per heavy atom. The molecule has 0 amide bonds. The highest BCUT2D eigenvalue weighted by Gasteiger charge is 2.28. The Labute approximate surface area is 137 Å². The first-order valence-corrected chi connectivity index (χ1v) is 9.49. The summed E-state index contributed by atoms with van der Waals surface area (Å²) in [7, 11) is -1.77. The summed E-state index contributed by atoms with van der Waals surface area (Å²) in [6.07, 6.45) is 4.08. The largest absolute Gasteiger partial charge is 0.497 e. The number of hydrogen-bond donors (Lipinski definition) is 1. The van der Waals surface area contributed by atoms with Crippen molar-refractivity contribution in [1.82, 2.24) is 9.88 Å². The monoisotopic (exact) mass is 334 g/mol. The third-order valence-electron chi connectivity index (χ3n) is 4.39. The molecule has 1 saturated heterocycles. The minimum absolute atomic E-state index is 0.122. The van der Waals surface area contributed by atoms with Crippen molar-refractivity contribution < 1.29 is 13.2 Å². The molecule has 0 spiro atoms. The number of nitrogens with one attached hydrogen (secondary N) is 1. The molecule has 124 valence electrons. The molecule has 5 nitrogen and oxygen atoms in total. The van der Waals surface area contributed by atoms with Crippen molar-refractivity contribution in [2.24, 2.45) is 0 Å². The van der Waals surface area contributed by atoms with E-state index < -0.39 is 9.84 Å². The Kier molecular flexibility index (Phi) is 4.73. The highest BCUT2D eigenvalue weighted by molar-refractivity contribution is 7.91. The number of sulfone groups is 1. The summed E-state index contributed by atoms with van der Waals surface area (Å²) in [6.45, 7) is 1.49. The van der Waals surface area contributed by atoms with Gasteiger partial charge in [-0.2, -0.15) is 0 Å². The van der Waals surface area contributed by atoms with E-state index in [1.807, 2.05) is 12.3 Å². The van der Waals surface area contributed by atoms with E-state index in [0.717, 1.165) is 19.4 Å². The van der Waals surface area contributed by atoms with E-state index in [-0.39, 0.29) is 5.75 Å². The number of hydrogen-bond acceptors (Lipinski definition) is 4. The molecule has 0 unspecified atom stereocenters. The SMILES string of the molecule is COc1cccc(S(=O)(=O)CCN2CCC[C@H]2c2ccc[nH]2)c1. The fourth-order valence-corrected chi connectivity index (χ4v) is 4.44. The normalized spacial score (nSPS) is 19.1. The van der Waals surface area contributed by atoms with Gasteiger partial charge in [-0.25, -0.2) is 8.42 Å². The maximum absolute atomic E-state index is 12.6. The molecule has 0 bridgehead atoms. The van der Waals surface area contributed by atoms with E-state index in [1.165, 1.54) is 12.8 Å². The number of ether oxygens (including phenoxy) is 1. The third kappa shape index (κ3) is 3.59. The first-order valence-electron chi connectivity index (χ1n) is 7.84. The van der Waals surface area contributed by atoms with Gasteiger partial charge in [-0.1, -0.05) is 6.07 Å². The molecule has 1 aromatic heterocycles. The van der Waals surface area contributed by atoms with Gasteiger partial charge in [0.2, 0.25) is 0 Å². The summed E-state index contributed by atoms with van der Waals surface area (Å²) in [6, 6.07) is 11.0. The molecule has 1 atom stereocenters. The fourth-order valence-electron chi connectivity index (χ4n) is 3.15. The average molecular weight is 334 g/mol. The van der Waals surface area contributed by atoms with Crippen LogP contribution in [0.2, 0.25) is 0 Å². The van der Waals surface area contributed by atoms with Crippen LogP contribution in [0.3, 0.4) is 0 Å². The van der Waals surface area contributed by atoms with Crippen LogP contribution in [-0.4, -0.2) is 44.3 Å². The van der Waals surface area contributed by atoms with Crippen LogP contribution in [0.15, 0.2) is 47.5 Å². The van der Waals surface area contributed by atoms with Crippen molar-refractivity contribution in [1.29, 1.82) is 0 Å². The Bertz CT molecular complexity index is 741. The van der Waals surface area contributed by atoms with E-state index in [9.17, 15) is 8.42 Å². The standard InChI is InChI=1S/C17H22N2O3S/c1-22-14-5-2-6-15(13-14)23(20,21)12-11-19-10-4-8-17(19)16-7-3-9-18-16/h2-3,5-7,9,13,17-18H,4,8,10-12H2,1H3/t17-/m0/s1. The first kappa shape index (κ1) is 16.1. The average Bonchev–Trinajstić information content (AvgIpc) is 3.24. The van der Waals surface area contributed by atoms with Gasteiger partial charge >= 0.3 is 0 Å². The summed E-state index contributed by atoms with van der Waals surface area (Å²) in [5.41, 5.74) is 1.17. The maximum Gasteiger partial charge on any atom is 0.179 e. The van der Waals surface area contributed by atoms with E-state index in [2.05, 4.69) is 16.0 Å². The third-order valence-corrected chi connectivity index (χ3v) is 6.08. The predicted octanol–water partition coefficient (Wildman–Crippen LogP) is 2.63. The van der Waals surface area contributed by atoms with Crippen LogP contribution in [0.5, 0.6) is 5.75 Å². The van der Waals surface area contributed by atoms with Gasteiger partial charge in [0, 0.05) is 24.5 Å². The van der Waals surface area contributed by atoms with Crippen molar-refractivity contribution in [3.63, 3.8) is 0 Å². The van der Waals surface area contributed by atoms with Crippen LogP contribution >= 0.6 is 0 Å². The lowest BCUT2D eigenvalue weighted by molar-refractivity contribution is 0.268. The lowest BCUT2D eigenvalue weighted by Gasteiger charge is -2.23. The second-order valence-corrected chi connectivity index (χ2v) is 7.93. The van der Waals surface area contributed by atoms with Gasteiger partial charge in [0.15, 0.2) is 9.84 Å². The Hall–Kier alpha value is -1.79. The molecule has 3 rings (SSSR count). The molecule has 0 radical (unpaired) electrons. The zero-order chi connectivity index (χ0) is 16.3. The summed E-state index contributed by atoms with van der Waals surface area (Å²) in [5.74, 6) is 0.689. The first-order chi connectivity index (χ1) is 11.1. The van der Waals surface area contributed by atoms with Crippen molar-refractivity contribution in [2.45, 2.75) is 23.8 Å². The smallest absolute Gasteiger partial charge is 0.179 e. The molecule has 2 heterocycles. The number of likely N-dealkylation sites (tertiary alicyclic amines) is 1. The second-order valence-electron chi connectivity index (χ2n) is 5.82. The molecular weight excluding hydrogens is 312 g/mol. The molecule has 2 aromatic rings. The molecule has 0 aliphatic carbocycles. The van der Waals surface area contributed by atoms with E-state index in [0.29, 0.717) is 23.2 Å². The number of aromatic amines is 1. The highest BCUT2D eigenvalue weighted by Crippen LogP contribution is 2.30. The van der Waals surface area contributed by atoms with Gasteiger partial charge < -0.3 is 9.72 Å². The van der Waals surface area contributed by atoms with Gasteiger partial charge in [-0.15, -0.1) is 0 Å². The molecule has 1 fully saturated rings. The predicted molar refractivity (Wildman–Crippen MR) is 89.4 cm³/mol. The molecule has 0 saturated carbocycles. The van der Waals surface area contributed by atoms with Gasteiger partial charge in [-0.05, 0) is 49.7 Å². The summed E-state index contributed by atoms with van der Waals surface area (Å²) >= 11 is 0. The van der Waals surface area contributed by atoms with E-state index in [1.54, 1.807) is 24.3 Å². The fraction of sp³-hybridized carbons (Fsp3) is 0.412. The number of aromatic nitrogens is 1. The molecule has 1 aromatic carbocycles. The van der Waals surface area contributed by atoms with Crippen LogP contribution < -0.4 is 4.74 Å². The molecular formula is C17H22N2O3S. The number of H-pyrrole nitrogens is 1. The summed E-state index contributed by atoms with van der Waals surface area (Å²) in [5, 5.41) is 0. The molecule has 6 heteroatoms. The molecule has 1 N–H and O–H groups in total. The highest BCUT2D eigenvalue weighted by atomic mass is 32.2. The van der Waals surface area contributed by atoms with Crippen LogP contribution in [0.1, 0.15) is 24.6 Å². The van der Waals surface area contributed by atoms with Crippen molar-refractivity contribution in [2.75, 3.05) is 26.0 Å². The lowest BCUT2D eigenvalue weighted by atomic mass is 10.1. The Morgan fingerprint density at radius 2 is 2.17 bits per heavy atom. The van der Waals surface area contributed by atoms with E-state index in [4.69, 9.17) is 4.74 Å². The topological polar surface area (TPSA) is 62.4 Å². The van der Waals surface area contributed by atoms with Crippen LogP contribution in [0, 0.1) is 0 Å². The number of benzene rings is 1. The van der Waals surface area contributed by atoms with Gasteiger partial charge in [0.25, 0.3) is 0 Å². The van der Waals surface area contributed by atoms with E-state index >= 15 is 0 Å². The Morgan fingerprint density at radius 3 is 2.91 bits per heavy atom. The van der Waals surface area contributed by atoms with Crippen LogP contribution in [0.4, 0.5) is 0 Å². The van der Waals surface area contributed by atoms with Crippen LogP contribution in [-0.2, 0) is 9.84 Å². The Balaban J connectivity index is 1.69. The number of rotatable bonds is 6. The minimum Gasteiger partial charge on any atom is -0.497 e. The molecule has 1 aliphatic rings. The number of methoxy groups -OCH3 is 1. The van der Waals surface area contributed by atoms with Gasteiger partial charge in [0.1, 0.15) is 5.75 Å². The maximum atomic E-state index is 12.6. The summed E-state index contributed by atoms with van der Waals surface area (Å²) < 4.78 is 30.2. The minimum atomic E-state index is -3.30.